The van der Waals surface area contributed by atoms with Crippen molar-refractivity contribution in [1.29, 1.82) is 10.7 Å². The van der Waals surface area contributed by atoms with E-state index in [2.05, 4.69) is 21.0 Å². The largest absolute Gasteiger partial charge is 0.404 e. The summed E-state index contributed by atoms with van der Waals surface area (Å²) in [7, 11) is -3.20. The van der Waals surface area contributed by atoms with E-state index in [1.807, 2.05) is 36.5 Å². The molecule has 0 amide bonds. The molecule has 0 aliphatic carbocycles. The van der Waals surface area contributed by atoms with Crippen LogP contribution in [0.25, 0.3) is 22.2 Å². The number of fused-ring (bicyclic) bond motifs is 3. The first kappa shape index (κ1) is 25.7. The van der Waals surface area contributed by atoms with Crippen LogP contribution in [0.3, 0.4) is 0 Å². The summed E-state index contributed by atoms with van der Waals surface area (Å²) in [5.41, 5.74) is 10.9. The average molecular weight is 553 g/mol. The Labute approximate surface area is 232 Å². The molecule has 11 heteroatoms. The number of aromatic nitrogens is 3. The Morgan fingerprint density at radius 1 is 1.18 bits per heavy atom. The summed E-state index contributed by atoms with van der Waals surface area (Å²) in [6.07, 6.45) is 10.1. The maximum atomic E-state index is 11.8. The van der Waals surface area contributed by atoms with E-state index in [4.69, 9.17) is 16.1 Å². The highest BCUT2D eigenvalue weighted by Gasteiger charge is 2.44. The van der Waals surface area contributed by atoms with Gasteiger partial charge < -0.3 is 16.0 Å². The van der Waals surface area contributed by atoms with Gasteiger partial charge in [0, 0.05) is 85.0 Å². The molecule has 3 aliphatic heterocycles. The number of anilines is 1. The van der Waals surface area contributed by atoms with E-state index in [1.54, 1.807) is 22.8 Å². The summed E-state index contributed by atoms with van der Waals surface area (Å²) in [5, 5.41) is 21.7. The van der Waals surface area contributed by atoms with Crippen LogP contribution in [-0.2, 0) is 16.4 Å². The Morgan fingerprint density at radius 2 is 1.93 bits per heavy atom. The van der Waals surface area contributed by atoms with Gasteiger partial charge in [0.25, 0.3) is 0 Å². The predicted octanol–water partition coefficient (Wildman–Crippen LogP) is 3.08. The zero-order valence-electron chi connectivity index (χ0n) is 21.9. The predicted molar refractivity (Wildman–Crippen MR) is 154 cm³/mol. The lowest BCUT2D eigenvalue weighted by Gasteiger charge is -2.56. The quantitative estimate of drug-likeness (QED) is 0.333. The van der Waals surface area contributed by atoms with Crippen molar-refractivity contribution in [1.82, 2.24) is 19.5 Å². The number of hydrogen-bond donors (Lipinski definition) is 2. The van der Waals surface area contributed by atoms with Crippen molar-refractivity contribution in [3.8, 4) is 17.2 Å². The van der Waals surface area contributed by atoms with Gasteiger partial charge >= 0.3 is 0 Å². The van der Waals surface area contributed by atoms with Gasteiger partial charge in [0.15, 0.2) is 9.84 Å². The number of rotatable bonds is 7. The highest BCUT2D eigenvalue weighted by Crippen LogP contribution is 2.36. The number of piperazine rings is 1. The van der Waals surface area contributed by atoms with Crippen LogP contribution in [-0.4, -0.2) is 65.6 Å². The third-order valence-corrected chi connectivity index (χ3v) is 8.97. The molecule has 0 saturated carbocycles. The number of benzene rings is 1. The molecule has 2 atom stereocenters. The zero-order chi connectivity index (χ0) is 28.0. The second-order valence-corrected chi connectivity index (χ2v) is 12.3. The van der Waals surface area contributed by atoms with Crippen molar-refractivity contribution in [2.45, 2.75) is 29.9 Å². The van der Waals surface area contributed by atoms with Gasteiger partial charge in [0.2, 0.25) is 0 Å². The zero-order valence-corrected chi connectivity index (χ0v) is 22.7. The van der Waals surface area contributed by atoms with Gasteiger partial charge in [-0.25, -0.2) is 17.9 Å². The minimum absolute atomic E-state index is 0.344. The SMILES string of the molecule is CS(=O)(=O)c1ccc(CN2C3CC2CN(c2ccc(-c4cc(/C(C=N)=C/N)cn5ncc(C#N)c45)cn2)C3)cc1. The van der Waals surface area contributed by atoms with Crippen LogP contribution in [0.15, 0.2) is 72.2 Å². The summed E-state index contributed by atoms with van der Waals surface area (Å²) in [6, 6.07) is 16.1. The van der Waals surface area contributed by atoms with Gasteiger partial charge in [-0.1, -0.05) is 12.1 Å². The first-order valence-electron chi connectivity index (χ1n) is 12.9. The number of hydrogen-bond acceptors (Lipinski definition) is 9. The number of allylic oxidation sites excluding steroid dienone is 1. The molecule has 1 aromatic carbocycles. The molecule has 3 aliphatic rings. The molecule has 4 aromatic rings. The number of nitriles is 1. The monoisotopic (exact) mass is 552 g/mol. The number of pyridine rings is 2. The van der Waals surface area contributed by atoms with Crippen LogP contribution in [0.5, 0.6) is 0 Å². The minimum Gasteiger partial charge on any atom is -0.404 e. The van der Waals surface area contributed by atoms with E-state index in [0.717, 1.165) is 54.1 Å². The van der Waals surface area contributed by atoms with Crippen molar-refractivity contribution in [2.75, 3.05) is 24.2 Å². The van der Waals surface area contributed by atoms with Crippen molar-refractivity contribution < 1.29 is 8.42 Å². The molecule has 3 N–H and O–H groups in total. The summed E-state index contributed by atoms with van der Waals surface area (Å²) >= 11 is 0. The van der Waals surface area contributed by atoms with Gasteiger partial charge in [-0.3, -0.25) is 4.90 Å². The Hall–Kier alpha value is -4.53. The van der Waals surface area contributed by atoms with Crippen molar-refractivity contribution in [3.63, 3.8) is 0 Å². The average Bonchev–Trinajstić information content (AvgIpc) is 3.39. The number of piperidine rings is 1. The first-order valence-corrected chi connectivity index (χ1v) is 14.8. The fourth-order valence-corrected chi connectivity index (χ4v) is 6.36. The lowest BCUT2D eigenvalue weighted by Crippen LogP contribution is -2.68. The number of nitrogens with one attached hydrogen (secondary N) is 1. The highest BCUT2D eigenvalue weighted by molar-refractivity contribution is 7.90. The number of sulfone groups is 1. The molecule has 0 radical (unpaired) electrons. The fraction of sp³-hybridized carbons (Fsp3) is 0.241. The molecule has 3 fully saturated rings. The van der Waals surface area contributed by atoms with Crippen LogP contribution in [0, 0.1) is 16.7 Å². The molecule has 2 bridgehead atoms. The second kappa shape index (κ2) is 9.89. The third kappa shape index (κ3) is 4.51. The Balaban J connectivity index is 1.20. The first-order chi connectivity index (χ1) is 19.3. The lowest BCUT2D eigenvalue weighted by molar-refractivity contribution is -0.00869. The van der Waals surface area contributed by atoms with Crippen molar-refractivity contribution in [2.24, 2.45) is 5.73 Å². The normalized spacial score (nSPS) is 19.3. The molecule has 202 valence electrons. The van der Waals surface area contributed by atoms with E-state index in [1.165, 1.54) is 24.9 Å². The van der Waals surface area contributed by atoms with Crippen LogP contribution < -0.4 is 10.6 Å². The molecule has 2 unspecified atom stereocenters. The van der Waals surface area contributed by atoms with E-state index < -0.39 is 9.84 Å². The van der Waals surface area contributed by atoms with E-state index in [9.17, 15) is 13.7 Å². The van der Waals surface area contributed by atoms with Crippen LogP contribution in [0.4, 0.5) is 5.82 Å². The molecule has 7 rings (SSSR count). The molecule has 40 heavy (non-hydrogen) atoms. The van der Waals surface area contributed by atoms with E-state index >= 15 is 0 Å². The molecule has 6 heterocycles. The number of nitrogens with zero attached hydrogens (tertiary/aromatic N) is 6. The van der Waals surface area contributed by atoms with E-state index in [-0.39, 0.29) is 0 Å². The summed E-state index contributed by atoms with van der Waals surface area (Å²) < 4.78 is 25.2. The molecule has 3 aromatic heterocycles. The van der Waals surface area contributed by atoms with Crippen LogP contribution in [0.1, 0.15) is 23.1 Å². The standard InChI is InChI=1S/C29H28N8O2S/c1-40(38,39)26-5-2-19(3-6-26)15-36-24-9-25(36)18-35(17-24)28-7-4-20(13-33-28)27-8-21(22(10-30)11-31)16-37-29(27)23(12-32)14-34-37/h2-8,10-11,13-14,16,24-25,30H,9,15,17-18,31H2,1H3/b22-11+,30-10?. The fourth-order valence-electron chi connectivity index (χ4n) is 5.73. The second-order valence-electron chi connectivity index (χ2n) is 10.3. The molecule has 3 saturated heterocycles. The van der Waals surface area contributed by atoms with Gasteiger partial charge in [0.05, 0.1) is 22.2 Å². The summed E-state index contributed by atoms with van der Waals surface area (Å²) in [4.78, 5) is 9.93. The number of nitrogens with two attached hydrogens (primary N) is 1. The molecule has 10 nitrogen and oxygen atoms in total. The lowest BCUT2D eigenvalue weighted by atomic mass is 9.86. The Kier molecular flexibility index (Phi) is 6.37. The maximum absolute atomic E-state index is 11.8. The van der Waals surface area contributed by atoms with Gasteiger partial charge in [0.1, 0.15) is 11.9 Å². The highest BCUT2D eigenvalue weighted by atomic mass is 32.2. The molecular formula is C29H28N8O2S. The summed E-state index contributed by atoms with van der Waals surface area (Å²) in [6.45, 7) is 2.54. The topological polar surface area (TPSA) is 144 Å². The molecule has 0 spiro atoms. The van der Waals surface area contributed by atoms with Crippen LogP contribution in [0.2, 0.25) is 0 Å². The minimum atomic E-state index is -3.20. The van der Waals surface area contributed by atoms with Crippen molar-refractivity contribution >= 4 is 33.0 Å². The smallest absolute Gasteiger partial charge is 0.175 e. The Morgan fingerprint density at radius 3 is 2.52 bits per heavy atom. The summed E-state index contributed by atoms with van der Waals surface area (Å²) in [5.74, 6) is 0.902. The van der Waals surface area contributed by atoms with Gasteiger partial charge in [-0.05, 0) is 42.3 Å². The van der Waals surface area contributed by atoms with Crippen LogP contribution >= 0.6 is 0 Å². The molecular weight excluding hydrogens is 524 g/mol. The van der Waals surface area contributed by atoms with Gasteiger partial charge in [-0.2, -0.15) is 10.4 Å². The third-order valence-electron chi connectivity index (χ3n) is 7.84. The van der Waals surface area contributed by atoms with E-state index in [0.29, 0.717) is 33.6 Å². The Bertz CT molecular complexity index is 1770. The maximum Gasteiger partial charge on any atom is 0.175 e. The van der Waals surface area contributed by atoms with Crippen molar-refractivity contribution in [3.05, 3.63) is 83.9 Å². The van der Waals surface area contributed by atoms with Gasteiger partial charge in [-0.15, -0.1) is 0 Å².